The molecule has 2 aromatic heterocycles. The number of hydrogen-bond acceptors (Lipinski definition) is 5. The van der Waals surface area contributed by atoms with Crippen LogP contribution < -0.4 is 20.3 Å². The van der Waals surface area contributed by atoms with Crippen LogP contribution in [-0.2, 0) is 6.54 Å². The highest BCUT2D eigenvalue weighted by atomic mass is 16.5. The zero-order chi connectivity index (χ0) is 25.8. The predicted octanol–water partition coefficient (Wildman–Crippen LogP) is 4.98. The number of pyridine rings is 2. The number of benzene rings is 2. The summed E-state index contributed by atoms with van der Waals surface area (Å²) < 4.78 is 13.1. The number of nitrogens with zero attached hydrogens (tertiary/aromatic N) is 2. The molecule has 0 spiro atoms. The first-order valence-corrected chi connectivity index (χ1v) is 11.9. The number of ether oxygens (including phenoxy) is 2. The van der Waals surface area contributed by atoms with Crippen LogP contribution in [0.15, 0.2) is 59.5 Å². The highest BCUT2D eigenvalue weighted by Crippen LogP contribution is 2.28. The van der Waals surface area contributed by atoms with Crippen molar-refractivity contribution in [2.75, 3.05) is 13.7 Å². The van der Waals surface area contributed by atoms with Crippen molar-refractivity contribution in [1.29, 1.82) is 0 Å². The van der Waals surface area contributed by atoms with E-state index in [9.17, 15) is 9.59 Å². The van der Waals surface area contributed by atoms with Crippen LogP contribution in [-0.4, -0.2) is 40.5 Å². The number of aromatic nitrogens is 2. The molecule has 188 valence electrons. The molecule has 0 aliphatic heterocycles. The van der Waals surface area contributed by atoms with E-state index in [2.05, 4.69) is 10.3 Å². The number of fused-ring (bicyclic) bond motifs is 3. The number of rotatable bonds is 9. The van der Waals surface area contributed by atoms with Crippen molar-refractivity contribution in [2.45, 2.75) is 39.8 Å². The third kappa shape index (κ3) is 5.43. The highest BCUT2D eigenvalue weighted by molar-refractivity contribution is 6.06. The minimum Gasteiger partial charge on any atom is -0.497 e. The Morgan fingerprint density at radius 3 is 2.50 bits per heavy atom. The molecule has 2 unspecified atom stereocenters. The van der Waals surface area contributed by atoms with Crippen LogP contribution in [0, 0.1) is 12.8 Å². The zero-order valence-corrected chi connectivity index (χ0v) is 20.9. The molecule has 0 radical (unpaired) electrons. The third-order valence-electron chi connectivity index (χ3n) is 6.31. The molecule has 36 heavy (non-hydrogen) atoms. The number of hydrogen-bond donors (Lipinski definition) is 2. The Morgan fingerprint density at radius 2 is 1.81 bits per heavy atom. The average Bonchev–Trinajstić information content (AvgIpc) is 2.85. The molecule has 8 heteroatoms. The molecular formula is C28H31N3O5. The van der Waals surface area contributed by atoms with Gasteiger partial charge < -0.3 is 24.5 Å². The lowest BCUT2D eigenvalue weighted by Gasteiger charge is -2.19. The van der Waals surface area contributed by atoms with Gasteiger partial charge in [0.2, 0.25) is 0 Å². The van der Waals surface area contributed by atoms with Crippen molar-refractivity contribution in [2.24, 2.45) is 5.92 Å². The number of carbonyl (C=O) groups is 1. The molecule has 0 aliphatic carbocycles. The van der Waals surface area contributed by atoms with Gasteiger partial charge >= 0.3 is 6.09 Å². The Labute approximate surface area is 209 Å². The fourth-order valence-electron chi connectivity index (χ4n) is 4.61. The third-order valence-corrected chi connectivity index (χ3v) is 6.31. The maximum atomic E-state index is 13.7. The number of carboxylic acid groups (broad SMARTS) is 1. The first-order valence-electron chi connectivity index (χ1n) is 11.9. The van der Waals surface area contributed by atoms with Gasteiger partial charge in [-0.15, -0.1) is 0 Å². The minimum absolute atomic E-state index is 0.0991. The van der Waals surface area contributed by atoms with Gasteiger partial charge in [0.15, 0.2) is 0 Å². The molecular weight excluding hydrogens is 458 g/mol. The lowest BCUT2D eigenvalue weighted by molar-refractivity contribution is 0.185. The Kier molecular flexibility index (Phi) is 7.43. The largest absolute Gasteiger partial charge is 0.497 e. The molecule has 2 aromatic carbocycles. The molecule has 0 aliphatic rings. The van der Waals surface area contributed by atoms with Crippen LogP contribution in [0.1, 0.15) is 31.5 Å². The van der Waals surface area contributed by atoms with E-state index in [1.54, 1.807) is 17.9 Å². The standard InChI is InChI=1S/C28H31N3O5/c1-17(13-18(2)30-28(33)34)16-36-22-9-10-23-24-11-12-29-19(3)26(24)27(32)31(25(23)14-22)15-20-5-7-21(35-4)8-6-20/h5-12,14,17-18,30H,13,15-16H2,1-4H3,(H,33,34). The monoisotopic (exact) mass is 489 g/mol. The van der Waals surface area contributed by atoms with E-state index in [-0.39, 0.29) is 17.5 Å². The summed E-state index contributed by atoms with van der Waals surface area (Å²) in [6.07, 6.45) is 1.35. The van der Waals surface area contributed by atoms with E-state index >= 15 is 0 Å². The Bertz CT molecular complexity index is 1450. The predicted molar refractivity (Wildman–Crippen MR) is 140 cm³/mol. The van der Waals surface area contributed by atoms with E-state index in [0.29, 0.717) is 36.4 Å². The van der Waals surface area contributed by atoms with Crippen molar-refractivity contribution >= 4 is 27.8 Å². The zero-order valence-electron chi connectivity index (χ0n) is 20.9. The Hall–Kier alpha value is -4.07. The van der Waals surface area contributed by atoms with Crippen LogP contribution in [0.25, 0.3) is 21.7 Å². The molecule has 2 atom stereocenters. The quantitative estimate of drug-likeness (QED) is 0.322. The fourth-order valence-corrected chi connectivity index (χ4v) is 4.61. The van der Waals surface area contributed by atoms with Crippen LogP contribution in [0.2, 0.25) is 0 Å². The number of amides is 1. The summed E-state index contributed by atoms with van der Waals surface area (Å²) in [5.41, 5.74) is 2.35. The van der Waals surface area contributed by atoms with Gasteiger partial charge in [-0.25, -0.2) is 4.79 Å². The van der Waals surface area contributed by atoms with E-state index in [1.807, 2.05) is 69.3 Å². The van der Waals surface area contributed by atoms with Crippen molar-refractivity contribution in [3.8, 4) is 11.5 Å². The summed E-state index contributed by atoms with van der Waals surface area (Å²) in [5.74, 6) is 1.54. The minimum atomic E-state index is -1.03. The Balaban J connectivity index is 1.70. The van der Waals surface area contributed by atoms with Gasteiger partial charge in [-0.2, -0.15) is 0 Å². The summed E-state index contributed by atoms with van der Waals surface area (Å²) in [5, 5.41) is 13.8. The molecule has 2 N–H and O–H groups in total. The SMILES string of the molecule is COc1ccc(Cn2c(=O)c3c(C)nccc3c3ccc(OCC(C)CC(C)NC(=O)O)cc32)cc1. The second kappa shape index (κ2) is 10.7. The molecule has 0 bridgehead atoms. The van der Waals surface area contributed by atoms with Gasteiger partial charge in [0.05, 0.1) is 36.9 Å². The topological polar surface area (TPSA) is 103 Å². The molecule has 1 amide bonds. The fraction of sp³-hybridized carbons (Fsp3) is 0.321. The van der Waals surface area contributed by atoms with Crippen molar-refractivity contribution in [3.05, 3.63) is 76.3 Å². The molecule has 0 saturated heterocycles. The molecule has 0 fully saturated rings. The van der Waals surface area contributed by atoms with E-state index in [1.165, 1.54) is 0 Å². The summed E-state index contributed by atoms with van der Waals surface area (Å²) in [6.45, 7) is 6.52. The normalized spacial score (nSPS) is 12.9. The van der Waals surface area contributed by atoms with Gasteiger partial charge in [0, 0.05) is 23.7 Å². The van der Waals surface area contributed by atoms with Crippen LogP contribution in [0.3, 0.4) is 0 Å². The molecule has 2 heterocycles. The van der Waals surface area contributed by atoms with Crippen molar-refractivity contribution in [1.82, 2.24) is 14.9 Å². The average molecular weight is 490 g/mol. The molecule has 0 saturated carbocycles. The second-order valence-electron chi connectivity index (χ2n) is 9.24. The smallest absolute Gasteiger partial charge is 0.404 e. The van der Waals surface area contributed by atoms with Gasteiger partial charge in [-0.3, -0.25) is 9.78 Å². The van der Waals surface area contributed by atoms with Crippen molar-refractivity contribution < 1.29 is 19.4 Å². The Morgan fingerprint density at radius 1 is 1.08 bits per heavy atom. The van der Waals surface area contributed by atoms with Gasteiger partial charge in [0.25, 0.3) is 5.56 Å². The van der Waals surface area contributed by atoms with E-state index in [4.69, 9.17) is 14.6 Å². The summed E-state index contributed by atoms with van der Waals surface area (Å²) in [6, 6.07) is 15.2. The lowest BCUT2D eigenvalue weighted by atomic mass is 10.0. The molecule has 8 nitrogen and oxygen atoms in total. The maximum Gasteiger partial charge on any atom is 0.404 e. The maximum absolute atomic E-state index is 13.7. The van der Waals surface area contributed by atoms with Crippen LogP contribution in [0.5, 0.6) is 11.5 Å². The highest BCUT2D eigenvalue weighted by Gasteiger charge is 2.16. The first kappa shape index (κ1) is 25.0. The number of methoxy groups -OCH3 is 1. The van der Waals surface area contributed by atoms with E-state index in [0.717, 1.165) is 27.6 Å². The first-order chi connectivity index (χ1) is 17.3. The molecule has 4 aromatic rings. The molecule has 4 rings (SSSR count). The lowest BCUT2D eigenvalue weighted by Crippen LogP contribution is -2.33. The summed E-state index contributed by atoms with van der Waals surface area (Å²) in [7, 11) is 1.62. The van der Waals surface area contributed by atoms with Gasteiger partial charge in [-0.1, -0.05) is 19.1 Å². The summed E-state index contributed by atoms with van der Waals surface area (Å²) >= 11 is 0. The number of aryl methyl sites for hydroxylation is 1. The summed E-state index contributed by atoms with van der Waals surface area (Å²) in [4.78, 5) is 28.9. The van der Waals surface area contributed by atoms with Crippen LogP contribution >= 0.6 is 0 Å². The number of nitrogens with one attached hydrogen (secondary N) is 1. The van der Waals surface area contributed by atoms with Crippen molar-refractivity contribution in [3.63, 3.8) is 0 Å². The van der Waals surface area contributed by atoms with Crippen LogP contribution in [0.4, 0.5) is 4.79 Å². The van der Waals surface area contributed by atoms with E-state index < -0.39 is 6.09 Å². The van der Waals surface area contributed by atoms with Gasteiger partial charge in [-0.05, 0) is 67.5 Å². The van der Waals surface area contributed by atoms with Gasteiger partial charge in [0.1, 0.15) is 11.5 Å². The second-order valence-corrected chi connectivity index (χ2v) is 9.24.